The van der Waals surface area contributed by atoms with Crippen molar-refractivity contribution >= 4 is 5.91 Å². The van der Waals surface area contributed by atoms with Gasteiger partial charge in [-0.25, -0.2) is 8.78 Å². The average Bonchev–Trinajstić information content (AvgIpc) is 2.95. The van der Waals surface area contributed by atoms with Crippen LogP contribution in [-0.4, -0.2) is 66.7 Å². The van der Waals surface area contributed by atoms with Crippen LogP contribution in [-0.2, 0) is 4.79 Å². The summed E-state index contributed by atoms with van der Waals surface area (Å²) in [6, 6.07) is 0.0699. The van der Waals surface area contributed by atoms with Crippen molar-refractivity contribution < 1.29 is 18.7 Å². The van der Waals surface area contributed by atoms with Crippen LogP contribution < -0.4 is 10.6 Å². The first-order valence-corrected chi connectivity index (χ1v) is 7.26. The molecule has 2 rings (SSSR count). The van der Waals surface area contributed by atoms with E-state index < -0.39 is 19.1 Å². The van der Waals surface area contributed by atoms with Gasteiger partial charge in [-0.3, -0.25) is 9.69 Å². The summed E-state index contributed by atoms with van der Waals surface area (Å²) in [7, 11) is 0. The number of aliphatic hydroxyl groups excluding tert-OH is 1. The van der Waals surface area contributed by atoms with E-state index in [1.54, 1.807) is 0 Å². The summed E-state index contributed by atoms with van der Waals surface area (Å²) in [5.41, 5.74) is 0. The minimum Gasteiger partial charge on any atom is -0.390 e. The monoisotopic (exact) mass is 291 g/mol. The molecule has 0 aromatic carbocycles. The van der Waals surface area contributed by atoms with E-state index in [1.165, 1.54) is 0 Å². The van der Waals surface area contributed by atoms with Crippen molar-refractivity contribution in [3.63, 3.8) is 0 Å². The highest BCUT2D eigenvalue weighted by Gasteiger charge is 2.37. The number of nitrogens with one attached hydrogen (secondary N) is 2. The minimum atomic E-state index is -3.24. The molecule has 0 spiro atoms. The number of aliphatic hydroxyl groups is 1. The Bertz CT molecular complexity index is 336. The molecule has 2 aliphatic rings. The fourth-order valence-corrected chi connectivity index (χ4v) is 3.04. The molecule has 2 aliphatic heterocycles. The van der Waals surface area contributed by atoms with Crippen molar-refractivity contribution in [1.29, 1.82) is 0 Å². The number of alkyl halides is 2. The molecule has 5 nitrogen and oxygen atoms in total. The quantitative estimate of drug-likeness (QED) is 0.664. The molecule has 2 saturated heterocycles. The number of carbonyl (C=O) groups is 1. The molecule has 0 bridgehead atoms. The van der Waals surface area contributed by atoms with Gasteiger partial charge in [0.2, 0.25) is 5.91 Å². The summed E-state index contributed by atoms with van der Waals surface area (Å²) in [4.78, 5) is 14.2. The highest BCUT2D eigenvalue weighted by atomic mass is 19.3. The highest BCUT2D eigenvalue weighted by molar-refractivity contribution is 5.82. The predicted molar refractivity (Wildman–Crippen MR) is 70.7 cm³/mol. The lowest BCUT2D eigenvalue weighted by Crippen LogP contribution is -2.52. The second-order valence-electron chi connectivity index (χ2n) is 5.61. The van der Waals surface area contributed by atoms with Crippen molar-refractivity contribution in [3.8, 4) is 0 Å². The van der Waals surface area contributed by atoms with Gasteiger partial charge in [-0.2, -0.15) is 0 Å². The third-order valence-electron chi connectivity index (χ3n) is 4.13. The molecule has 0 saturated carbocycles. The zero-order valence-electron chi connectivity index (χ0n) is 11.6. The molecule has 0 aromatic rings. The van der Waals surface area contributed by atoms with E-state index in [4.69, 9.17) is 5.11 Å². The Labute approximate surface area is 117 Å². The number of hydrogen-bond donors (Lipinski definition) is 3. The Kier molecular flexibility index (Phi) is 5.29. The third-order valence-corrected chi connectivity index (χ3v) is 4.13. The predicted octanol–water partition coefficient (Wildman–Crippen LogP) is -0.0534. The van der Waals surface area contributed by atoms with E-state index in [0.29, 0.717) is 6.04 Å². The number of halogens is 2. The number of nitrogens with zero attached hydrogens (tertiary/aromatic N) is 1. The highest BCUT2D eigenvalue weighted by Crippen LogP contribution is 2.24. The Morgan fingerprint density at radius 3 is 2.70 bits per heavy atom. The maximum absolute atomic E-state index is 13.0. The van der Waals surface area contributed by atoms with Crippen LogP contribution in [0.2, 0.25) is 0 Å². The summed E-state index contributed by atoms with van der Waals surface area (Å²) < 4.78 is 25.9. The van der Waals surface area contributed by atoms with Crippen molar-refractivity contribution in [2.24, 2.45) is 0 Å². The summed E-state index contributed by atoms with van der Waals surface area (Å²) in [5, 5.41) is 14.1. The van der Waals surface area contributed by atoms with Crippen LogP contribution in [0.3, 0.4) is 0 Å². The average molecular weight is 291 g/mol. The van der Waals surface area contributed by atoms with Crippen molar-refractivity contribution in [1.82, 2.24) is 15.5 Å². The van der Waals surface area contributed by atoms with Crippen LogP contribution in [0, 0.1) is 0 Å². The van der Waals surface area contributed by atoms with Crippen molar-refractivity contribution in [2.75, 3.05) is 32.8 Å². The molecule has 0 radical (unpaired) electrons. The van der Waals surface area contributed by atoms with Crippen LogP contribution in [0.25, 0.3) is 0 Å². The first-order valence-electron chi connectivity index (χ1n) is 7.26. The lowest BCUT2D eigenvalue weighted by atomic mass is 10.0. The standard InChI is InChI=1S/C13H23F2N3O2/c14-13(15,9-19)8-17-12(20)11-2-1-7-18(11)10-3-5-16-6-4-10/h10-11,16,19H,1-9H2,(H,17,20). The molecule has 1 atom stereocenters. The molecular formula is C13H23F2N3O2. The lowest BCUT2D eigenvalue weighted by molar-refractivity contribution is -0.129. The number of amides is 1. The van der Waals surface area contributed by atoms with Gasteiger partial charge in [0.25, 0.3) is 5.92 Å². The zero-order chi connectivity index (χ0) is 14.6. The van der Waals surface area contributed by atoms with E-state index >= 15 is 0 Å². The number of carbonyl (C=O) groups excluding carboxylic acids is 1. The van der Waals surface area contributed by atoms with Crippen LogP contribution in [0.4, 0.5) is 8.78 Å². The smallest absolute Gasteiger partial charge is 0.287 e. The number of piperidine rings is 1. The molecule has 116 valence electrons. The second kappa shape index (κ2) is 6.78. The van der Waals surface area contributed by atoms with Gasteiger partial charge in [0, 0.05) is 6.04 Å². The van der Waals surface area contributed by atoms with E-state index in [9.17, 15) is 13.6 Å². The minimum absolute atomic E-state index is 0.299. The second-order valence-corrected chi connectivity index (χ2v) is 5.61. The number of hydrogen-bond acceptors (Lipinski definition) is 4. The molecule has 0 aromatic heterocycles. The van der Waals surface area contributed by atoms with E-state index in [2.05, 4.69) is 15.5 Å². The topological polar surface area (TPSA) is 64.6 Å². The SMILES string of the molecule is O=C(NCC(F)(F)CO)C1CCCN1C1CCNCC1. The summed E-state index contributed by atoms with van der Waals surface area (Å²) in [6.07, 6.45) is 3.64. The molecule has 1 amide bonds. The molecular weight excluding hydrogens is 268 g/mol. The summed E-state index contributed by atoms with van der Waals surface area (Å²) >= 11 is 0. The van der Waals surface area contributed by atoms with E-state index in [1.807, 2.05) is 0 Å². The molecule has 0 aliphatic carbocycles. The Balaban J connectivity index is 1.87. The summed E-state index contributed by atoms with van der Waals surface area (Å²) in [5.74, 6) is -3.58. The molecule has 3 N–H and O–H groups in total. The molecule has 2 heterocycles. The van der Waals surface area contributed by atoms with Gasteiger partial charge in [-0.15, -0.1) is 0 Å². The van der Waals surface area contributed by atoms with Gasteiger partial charge in [-0.05, 0) is 45.3 Å². The first-order chi connectivity index (χ1) is 9.53. The fourth-order valence-electron chi connectivity index (χ4n) is 3.04. The third kappa shape index (κ3) is 3.86. The Hall–Kier alpha value is -0.790. The Morgan fingerprint density at radius 1 is 1.35 bits per heavy atom. The fraction of sp³-hybridized carbons (Fsp3) is 0.923. The van der Waals surface area contributed by atoms with Gasteiger partial charge in [0.15, 0.2) is 0 Å². The van der Waals surface area contributed by atoms with Crippen LogP contribution in [0.1, 0.15) is 25.7 Å². The molecule has 20 heavy (non-hydrogen) atoms. The van der Waals surface area contributed by atoms with E-state index in [0.717, 1.165) is 45.3 Å². The molecule has 1 unspecified atom stereocenters. The maximum Gasteiger partial charge on any atom is 0.287 e. The van der Waals surface area contributed by atoms with Crippen LogP contribution in [0.15, 0.2) is 0 Å². The van der Waals surface area contributed by atoms with Crippen molar-refractivity contribution in [3.05, 3.63) is 0 Å². The van der Waals surface area contributed by atoms with Crippen LogP contribution in [0.5, 0.6) is 0 Å². The van der Waals surface area contributed by atoms with Gasteiger partial charge in [-0.1, -0.05) is 0 Å². The van der Waals surface area contributed by atoms with Crippen LogP contribution >= 0.6 is 0 Å². The first kappa shape index (κ1) is 15.6. The molecule has 7 heteroatoms. The van der Waals surface area contributed by atoms with Gasteiger partial charge < -0.3 is 15.7 Å². The van der Waals surface area contributed by atoms with Gasteiger partial charge >= 0.3 is 0 Å². The number of likely N-dealkylation sites (tertiary alicyclic amines) is 1. The molecule has 2 fully saturated rings. The van der Waals surface area contributed by atoms with E-state index in [-0.39, 0.29) is 11.9 Å². The van der Waals surface area contributed by atoms with Crippen molar-refractivity contribution in [2.45, 2.75) is 43.7 Å². The summed E-state index contributed by atoms with van der Waals surface area (Å²) in [6.45, 7) is 0.712. The van der Waals surface area contributed by atoms with Gasteiger partial charge in [0.1, 0.15) is 6.61 Å². The Morgan fingerprint density at radius 2 is 2.05 bits per heavy atom. The largest absolute Gasteiger partial charge is 0.390 e. The zero-order valence-corrected chi connectivity index (χ0v) is 11.6. The number of rotatable bonds is 5. The lowest BCUT2D eigenvalue weighted by Gasteiger charge is -2.35. The maximum atomic E-state index is 13.0. The van der Waals surface area contributed by atoms with Gasteiger partial charge in [0.05, 0.1) is 12.6 Å². The normalized spacial score (nSPS) is 25.9.